The zero-order chi connectivity index (χ0) is 26.9. The van der Waals surface area contributed by atoms with Gasteiger partial charge in [0.05, 0.1) is 18.8 Å². The highest BCUT2D eigenvalue weighted by atomic mass is 35.5. The van der Waals surface area contributed by atoms with Crippen molar-refractivity contribution in [2.75, 3.05) is 26.3 Å². The minimum Gasteiger partial charge on any atom is -0.480 e. The Morgan fingerprint density at radius 2 is 1.89 bits per heavy atom. The summed E-state index contributed by atoms with van der Waals surface area (Å²) >= 11 is 13.0. The number of amides is 2. The maximum atomic E-state index is 13.2. The molecule has 4 rings (SSSR count). The number of aliphatic carboxylic acids is 1. The third kappa shape index (κ3) is 6.14. The molecule has 0 spiro atoms. The molecular weight excluding hydrogens is 534 g/mol. The maximum absolute atomic E-state index is 13.2. The number of carbonyl (C=O) groups excluding carboxylic acids is 1. The SMILES string of the molecule is Cc1cc(C(F)(F)F)cc2[nH]c(Cc3c(Cl)ccc(C[C@H](NC(=O)N4CCOCC4)C(=O)O)c3Cl)cc12. The molecule has 1 aliphatic heterocycles. The van der Waals surface area contributed by atoms with Gasteiger partial charge < -0.3 is 25.0 Å². The zero-order valence-electron chi connectivity index (χ0n) is 19.7. The molecular formula is C25H24Cl2F3N3O4. The molecule has 0 aliphatic carbocycles. The topological polar surface area (TPSA) is 94.7 Å². The molecule has 1 atom stereocenters. The Balaban J connectivity index is 1.57. The van der Waals surface area contributed by atoms with Crippen molar-refractivity contribution in [1.82, 2.24) is 15.2 Å². The highest BCUT2D eigenvalue weighted by molar-refractivity contribution is 6.36. The highest BCUT2D eigenvalue weighted by Gasteiger charge is 2.31. The molecule has 7 nitrogen and oxygen atoms in total. The molecule has 3 N–H and O–H groups in total. The lowest BCUT2D eigenvalue weighted by atomic mass is 10.0. The average molecular weight is 558 g/mol. The number of urea groups is 1. The molecule has 1 aromatic heterocycles. The van der Waals surface area contributed by atoms with E-state index in [1.165, 1.54) is 4.90 Å². The Kier molecular flexibility index (Phi) is 7.91. The van der Waals surface area contributed by atoms with Gasteiger partial charge in [-0.15, -0.1) is 0 Å². The number of rotatable bonds is 6. The Bertz CT molecular complexity index is 1340. The number of hydrogen-bond donors (Lipinski definition) is 3. The van der Waals surface area contributed by atoms with Crippen LogP contribution in [-0.4, -0.2) is 59.3 Å². The normalized spacial score (nSPS) is 15.1. The van der Waals surface area contributed by atoms with Crippen LogP contribution in [0.5, 0.6) is 0 Å². The predicted molar refractivity (Wildman–Crippen MR) is 133 cm³/mol. The van der Waals surface area contributed by atoms with Crippen molar-refractivity contribution in [3.05, 3.63) is 68.3 Å². The maximum Gasteiger partial charge on any atom is 0.416 e. The van der Waals surface area contributed by atoms with Gasteiger partial charge in [-0.1, -0.05) is 29.3 Å². The molecule has 12 heteroatoms. The van der Waals surface area contributed by atoms with E-state index in [4.69, 9.17) is 27.9 Å². The van der Waals surface area contributed by atoms with E-state index >= 15 is 0 Å². The minimum absolute atomic E-state index is 0.0881. The molecule has 3 aromatic rings. The molecule has 1 saturated heterocycles. The predicted octanol–water partition coefficient (Wildman–Crippen LogP) is 5.43. The molecule has 2 amide bonds. The van der Waals surface area contributed by atoms with Crippen molar-refractivity contribution in [3.8, 4) is 0 Å². The number of carboxylic acid groups (broad SMARTS) is 1. The smallest absolute Gasteiger partial charge is 0.416 e. The summed E-state index contributed by atoms with van der Waals surface area (Å²) in [5, 5.41) is 13.4. The molecule has 0 saturated carbocycles. The number of nitrogens with zero attached hydrogens (tertiary/aromatic N) is 1. The third-order valence-electron chi connectivity index (χ3n) is 6.28. The summed E-state index contributed by atoms with van der Waals surface area (Å²) in [4.78, 5) is 28.9. The van der Waals surface area contributed by atoms with Gasteiger partial charge in [0, 0.05) is 52.6 Å². The van der Waals surface area contributed by atoms with Crippen LogP contribution in [0.1, 0.15) is 27.9 Å². The summed E-state index contributed by atoms with van der Waals surface area (Å²) in [6, 6.07) is 5.32. The first-order chi connectivity index (χ1) is 17.4. The van der Waals surface area contributed by atoms with Gasteiger partial charge >= 0.3 is 18.2 Å². The average Bonchev–Trinajstić information content (AvgIpc) is 3.26. The summed E-state index contributed by atoms with van der Waals surface area (Å²) in [6.07, 6.45) is -4.38. The van der Waals surface area contributed by atoms with Crippen molar-refractivity contribution in [3.63, 3.8) is 0 Å². The molecule has 2 aromatic carbocycles. The van der Waals surface area contributed by atoms with Crippen LogP contribution in [0.4, 0.5) is 18.0 Å². The van der Waals surface area contributed by atoms with Crippen LogP contribution in [0.25, 0.3) is 10.9 Å². The van der Waals surface area contributed by atoms with Gasteiger partial charge in [-0.05, 0) is 47.9 Å². The Morgan fingerprint density at radius 3 is 2.54 bits per heavy atom. The first-order valence-corrected chi connectivity index (χ1v) is 12.2. The quantitative estimate of drug-likeness (QED) is 0.376. The monoisotopic (exact) mass is 557 g/mol. The van der Waals surface area contributed by atoms with Crippen LogP contribution < -0.4 is 5.32 Å². The second kappa shape index (κ2) is 10.8. The molecule has 1 fully saturated rings. The lowest BCUT2D eigenvalue weighted by Gasteiger charge is -2.28. The molecule has 2 heterocycles. The van der Waals surface area contributed by atoms with Crippen molar-refractivity contribution in [1.29, 1.82) is 0 Å². The Labute approximate surface area is 220 Å². The van der Waals surface area contributed by atoms with Gasteiger partial charge in [-0.3, -0.25) is 0 Å². The fourth-order valence-corrected chi connectivity index (χ4v) is 4.90. The van der Waals surface area contributed by atoms with E-state index < -0.39 is 29.8 Å². The second-order valence-electron chi connectivity index (χ2n) is 8.87. The first-order valence-electron chi connectivity index (χ1n) is 11.4. The van der Waals surface area contributed by atoms with E-state index in [0.29, 0.717) is 64.6 Å². The van der Waals surface area contributed by atoms with Crippen LogP contribution in [-0.2, 0) is 28.5 Å². The number of ether oxygens (including phenoxy) is 1. The summed E-state index contributed by atoms with van der Waals surface area (Å²) in [5.41, 5.74) is 1.60. The summed E-state index contributed by atoms with van der Waals surface area (Å²) in [6.45, 7) is 3.08. The lowest BCUT2D eigenvalue weighted by molar-refractivity contribution is -0.139. The number of benzene rings is 2. The second-order valence-corrected chi connectivity index (χ2v) is 9.65. The van der Waals surface area contributed by atoms with Crippen molar-refractivity contribution in [2.24, 2.45) is 0 Å². The van der Waals surface area contributed by atoms with Crippen molar-refractivity contribution >= 4 is 46.1 Å². The van der Waals surface area contributed by atoms with E-state index in [9.17, 15) is 27.9 Å². The Morgan fingerprint density at radius 1 is 1.19 bits per heavy atom. The van der Waals surface area contributed by atoms with Gasteiger partial charge in [0.25, 0.3) is 0 Å². The number of carboxylic acids is 1. The van der Waals surface area contributed by atoms with Crippen LogP contribution in [0.2, 0.25) is 10.0 Å². The molecule has 0 radical (unpaired) electrons. The number of hydrogen-bond acceptors (Lipinski definition) is 3. The number of fused-ring (bicyclic) bond motifs is 1. The first kappa shape index (κ1) is 27.1. The standard InChI is InChI=1S/C25H24Cl2F3N3O4/c1-13-8-15(25(28,29)30)10-20-17(13)11-16(31-20)12-18-19(26)3-2-14(22(18)27)9-21(23(34)35)32-24(36)33-4-6-37-7-5-33/h2-3,8,10-11,21,31H,4-7,9,12H2,1H3,(H,32,36)(H,34,35)/t21-/m0/s1. The number of halogens is 5. The van der Waals surface area contributed by atoms with Gasteiger partial charge in [-0.2, -0.15) is 13.2 Å². The highest BCUT2D eigenvalue weighted by Crippen LogP contribution is 2.35. The minimum atomic E-state index is -4.47. The van der Waals surface area contributed by atoms with Gasteiger partial charge in [-0.25, -0.2) is 9.59 Å². The summed E-state index contributed by atoms with van der Waals surface area (Å²) in [5.74, 6) is -1.22. The van der Waals surface area contributed by atoms with Gasteiger partial charge in [0.2, 0.25) is 0 Å². The molecule has 0 bridgehead atoms. The number of H-pyrrole nitrogens is 1. The number of aromatic nitrogens is 1. The molecule has 37 heavy (non-hydrogen) atoms. The number of aryl methyl sites for hydroxylation is 1. The molecule has 1 aliphatic rings. The van der Waals surface area contributed by atoms with Gasteiger partial charge in [0.15, 0.2) is 0 Å². The number of nitrogens with one attached hydrogen (secondary N) is 2. The Hall–Kier alpha value is -2.95. The summed E-state index contributed by atoms with van der Waals surface area (Å²) in [7, 11) is 0. The van der Waals surface area contributed by atoms with Crippen molar-refractivity contribution in [2.45, 2.75) is 32.0 Å². The van der Waals surface area contributed by atoms with E-state index in [2.05, 4.69) is 10.3 Å². The zero-order valence-corrected chi connectivity index (χ0v) is 21.2. The number of carbonyl (C=O) groups is 2. The summed E-state index contributed by atoms with van der Waals surface area (Å²) < 4.78 is 44.9. The number of morpholine rings is 1. The molecule has 198 valence electrons. The van der Waals surface area contributed by atoms with Crippen molar-refractivity contribution < 1.29 is 32.6 Å². The van der Waals surface area contributed by atoms with E-state index in [-0.39, 0.29) is 17.9 Å². The fraction of sp³-hybridized carbons (Fsp3) is 0.360. The molecule has 0 unspecified atom stereocenters. The van der Waals surface area contributed by atoms with Crippen LogP contribution in [0, 0.1) is 6.92 Å². The van der Waals surface area contributed by atoms with E-state index in [0.717, 1.165) is 12.1 Å². The van der Waals surface area contributed by atoms with Crippen LogP contribution >= 0.6 is 23.2 Å². The van der Waals surface area contributed by atoms with Crippen LogP contribution in [0.3, 0.4) is 0 Å². The number of aromatic amines is 1. The number of alkyl halides is 3. The fourth-order valence-electron chi connectivity index (χ4n) is 4.32. The third-order valence-corrected chi connectivity index (χ3v) is 7.10. The lowest BCUT2D eigenvalue weighted by Crippen LogP contribution is -2.51. The van der Waals surface area contributed by atoms with E-state index in [1.54, 1.807) is 25.1 Å². The van der Waals surface area contributed by atoms with Gasteiger partial charge in [0.1, 0.15) is 6.04 Å². The van der Waals surface area contributed by atoms with Crippen LogP contribution in [0.15, 0.2) is 30.3 Å². The largest absolute Gasteiger partial charge is 0.480 e. The van der Waals surface area contributed by atoms with E-state index in [1.807, 2.05) is 0 Å².